The highest BCUT2D eigenvalue weighted by Gasteiger charge is 2.20. The van der Waals surface area contributed by atoms with Crippen LogP contribution in [0.25, 0.3) is 0 Å². The van der Waals surface area contributed by atoms with Gasteiger partial charge in [-0.1, -0.05) is 24.3 Å². The first-order chi connectivity index (χ1) is 9.60. The first-order valence-corrected chi connectivity index (χ1v) is 6.21. The van der Waals surface area contributed by atoms with Gasteiger partial charge in [0, 0.05) is 0 Å². The predicted molar refractivity (Wildman–Crippen MR) is 73.5 cm³/mol. The Balaban J connectivity index is 2.24. The summed E-state index contributed by atoms with van der Waals surface area (Å²) >= 11 is 0. The molecule has 0 radical (unpaired) electrons. The van der Waals surface area contributed by atoms with Crippen molar-refractivity contribution in [2.24, 2.45) is 0 Å². The zero-order valence-electron chi connectivity index (χ0n) is 11.0. The Morgan fingerprint density at radius 2 is 1.95 bits per heavy atom. The quantitative estimate of drug-likeness (QED) is 0.910. The molecule has 2 aromatic rings. The number of carbonyl (C=O) groups is 1. The zero-order valence-corrected chi connectivity index (χ0v) is 11.0. The molecule has 0 aliphatic heterocycles. The van der Waals surface area contributed by atoms with Crippen LogP contribution in [0.1, 0.15) is 17.0 Å². The van der Waals surface area contributed by atoms with Crippen molar-refractivity contribution in [3.05, 3.63) is 65.5 Å². The van der Waals surface area contributed by atoms with Crippen LogP contribution in [0.2, 0.25) is 0 Å². The lowest BCUT2D eigenvalue weighted by Gasteiger charge is -2.13. The number of carboxylic acids is 1. The SMILES string of the molecule is COc1ccc(C(Cc2cccc(F)c2)C(=O)O)cc1. The second-order valence-electron chi connectivity index (χ2n) is 4.50. The van der Waals surface area contributed by atoms with Crippen LogP contribution in [-0.2, 0) is 11.2 Å². The monoisotopic (exact) mass is 274 g/mol. The molecular formula is C16H15FO3. The van der Waals surface area contributed by atoms with Crippen molar-refractivity contribution in [1.29, 1.82) is 0 Å². The molecule has 0 aromatic heterocycles. The highest BCUT2D eigenvalue weighted by molar-refractivity contribution is 5.76. The Labute approximate surface area is 116 Å². The molecule has 104 valence electrons. The molecular weight excluding hydrogens is 259 g/mol. The summed E-state index contributed by atoms with van der Waals surface area (Å²) in [7, 11) is 1.55. The number of aliphatic carboxylic acids is 1. The fraction of sp³-hybridized carbons (Fsp3) is 0.188. The van der Waals surface area contributed by atoms with E-state index in [1.165, 1.54) is 12.1 Å². The van der Waals surface area contributed by atoms with E-state index >= 15 is 0 Å². The van der Waals surface area contributed by atoms with Crippen molar-refractivity contribution in [3.63, 3.8) is 0 Å². The Bertz CT molecular complexity index is 593. The van der Waals surface area contributed by atoms with Gasteiger partial charge in [-0.15, -0.1) is 0 Å². The summed E-state index contributed by atoms with van der Waals surface area (Å²) in [5, 5.41) is 9.36. The molecule has 1 N–H and O–H groups in total. The lowest BCUT2D eigenvalue weighted by atomic mass is 9.92. The molecule has 0 spiro atoms. The maximum atomic E-state index is 13.2. The Morgan fingerprint density at radius 1 is 1.25 bits per heavy atom. The predicted octanol–water partition coefficient (Wildman–Crippen LogP) is 3.25. The van der Waals surface area contributed by atoms with Crippen molar-refractivity contribution < 1.29 is 19.0 Å². The fourth-order valence-electron chi connectivity index (χ4n) is 2.08. The third kappa shape index (κ3) is 3.35. The van der Waals surface area contributed by atoms with Crippen molar-refractivity contribution in [2.75, 3.05) is 7.11 Å². The Kier molecular flexibility index (Phi) is 4.35. The second-order valence-corrected chi connectivity index (χ2v) is 4.50. The van der Waals surface area contributed by atoms with Crippen molar-refractivity contribution in [1.82, 2.24) is 0 Å². The van der Waals surface area contributed by atoms with E-state index < -0.39 is 11.9 Å². The van der Waals surface area contributed by atoms with Crippen LogP contribution in [0.5, 0.6) is 5.75 Å². The first kappa shape index (κ1) is 14.1. The highest BCUT2D eigenvalue weighted by Crippen LogP contribution is 2.24. The van der Waals surface area contributed by atoms with Gasteiger partial charge < -0.3 is 9.84 Å². The van der Waals surface area contributed by atoms with Crippen molar-refractivity contribution in [2.45, 2.75) is 12.3 Å². The van der Waals surface area contributed by atoms with Gasteiger partial charge in [0.05, 0.1) is 13.0 Å². The molecule has 1 unspecified atom stereocenters. The number of rotatable bonds is 5. The molecule has 2 aromatic carbocycles. The molecule has 0 heterocycles. The van der Waals surface area contributed by atoms with E-state index in [2.05, 4.69) is 0 Å². The van der Waals surface area contributed by atoms with Crippen LogP contribution >= 0.6 is 0 Å². The fourth-order valence-corrected chi connectivity index (χ4v) is 2.08. The number of hydrogen-bond donors (Lipinski definition) is 1. The summed E-state index contributed by atoms with van der Waals surface area (Å²) in [5.41, 5.74) is 1.33. The minimum atomic E-state index is -0.931. The molecule has 0 fully saturated rings. The summed E-state index contributed by atoms with van der Waals surface area (Å²) in [5.74, 6) is -1.33. The van der Waals surface area contributed by atoms with Gasteiger partial charge in [0.15, 0.2) is 0 Å². The molecule has 0 saturated heterocycles. The van der Waals surface area contributed by atoms with Gasteiger partial charge in [-0.05, 0) is 41.8 Å². The van der Waals surface area contributed by atoms with Gasteiger partial charge >= 0.3 is 5.97 Å². The zero-order chi connectivity index (χ0) is 14.5. The van der Waals surface area contributed by atoms with E-state index in [9.17, 15) is 14.3 Å². The number of methoxy groups -OCH3 is 1. The number of halogens is 1. The van der Waals surface area contributed by atoms with E-state index in [0.29, 0.717) is 16.9 Å². The lowest BCUT2D eigenvalue weighted by Crippen LogP contribution is -2.14. The first-order valence-electron chi connectivity index (χ1n) is 6.21. The smallest absolute Gasteiger partial charge is 0.311 e. The third-order valence-corrected chi connectivity index (χ3v) is 3.15. The number of ether oxygens (including phenoxy) is 1. The summed E-state index contributed by atoms with van der Waals surface area (Å²) in [6, 6.07) is 12.9. The van der Waals surface area contributed by atoms with Crippen LogP contribution in [-0.4, -0.2) is 18.2 Å². The standard InChI is InChI=1S/C16H15FO3/c1-20-14-7-5-12(6-8-14)15(16(18)19)10-11-3-2-4-13(17)9-11/h2-9,15H,10H2,1H3,(H,18,19). The number of hydrogen-bond acceptors (Lipinski definition) is 2. The van der Waals surface area contributed by atoms with Crippen LogP contribution in [0.15, 0.2) is 48.5 Å². The molecule has 1 atom stereocenters. The van der Waals surface area contributed by atoms with Crippen molar-refractivity contribution in [3.8, 4) is 5.75 Å². The third-order valence-electron chi connectivity index (χ3n) is 3.15. The Morgan fingerprint density at radius 3 is 2.50 bits per heavy atom. The Hall–Kier alpha value is -2.36. The maximum absolute atomic E-state index is 13.2. The van der Waals surface area contributed by atoms with E-state index in [0.717, 1.165) is 0 Å². The molecule has 0 aliphatic rings. The van der Waals surface area contributed by atoms with Crippen LogP contribution in [0.3, 0.4) is 0 Å². The van der Waals surface area contributed by atoms with Gasteiger partial charge in [-0.2, -0.15) is 0 Å². The normalized spacial score (nSPS) is 11.9. The summed E-state index contributed by atoms with van der Waals surface area (Å²) in [6.07, 6.45) is 0.249. The summed E-state index contributed by atoms with van der Waals surface area (Å²) < 4.78 is 18.2. The molecule has 0 aliphatic carbocycles. The molecule has 0 amide bonds. The van der Waals surface area contributed by atoms with E-state index in [1.54, 1.807) is 43.5 Å². The molecule has 3 nitrogen and oxygen atoms in total. The topological polar surface area (TPSA) is 46.5 Å². The van der Waals surface area contributed by atoms with Gasteiger partial charge in [-0.3, -0.25) is 4.79 Å². The highest BCUT2D eigenvalue weighted by atomic mass is 19.1. The molecule has 0 saturated carbocycles. The van der Waals surface area contributed by atoms with E-state index in [-0.39, 0.29) is 12.2 Å². The van der Waals surface area contributed by atoms with E-state index in [4.69, 9.17) is 4.74 Å². The molecule has 2 rings (SSSR count). The lowest BCUT2D eigenvalue weighted by molar-refractivity contribution is -0.138. The van der Waals surface area contributed by atoms with Gasteiger partial charge in [0.25, 0.3) is 0 Å². The molecule has 20 heavy (non-hydrogen) atoms. The molecule has 4 heteroatoms. The summed E-state index contributed by atoms with van der Waals surface area (Å²) in [4.78, 5) is 11.4. The average Bonchev–Trinajstić information content (AvgIpc) is 2.45. The maximum Gasteiger partial charge on any atom is 0.311 e. The van der Waals surface area contributed by atoms with Crippen LogP contribution in [0, 0.1) is 5.82 Å². The van der Waals surface area contributed by atoms with Crippen LogP contribution < -0.4 is 4.74 Å². The number of benzene rings is 2. The van der Waals surface area contributed by atoms with Gasteiger partial charge in [-0.25, -0.2) is 4.39 Å². The average molecular weight is 274 g/mol. The minimum absolute atomic E-state index is 0.249. The second kappa shape index (κ2) is 6.19. The molecule has 0 bridgehead atoms. The van der Waals surface area contributed by atoms with Crippen molar-refractivity contribution >= 4 is 5.97 Å². The van der Waals surface area contributed by atoms with E-state index in [1.807, 2.05) is 0 Å². The van der Waals surface area contributed by atoms with Crippen LogP contribution in [0.4, 0.5) is 4.39 Å². The number of carboxylic acid groups (broad SMARTS) is 1. The largest absolute Gasteiger partial charge is 0.497 e. The van der Waals surface area contributed by atoms with Gasteiger partial charge in [0.2, 0.25) is 0 Å². The minimum Gasteiger partial charge on any atom is -0.497 e. The van der Waals surface area contributed by atoms with Gasteiger partial charge in [0.1, 0.15) is 11.6 Å². The summed E-state index contributed by atoms with van der Waals surface area (Å²) in [6.45, 7) is 0.